The van der Waals surface area contributed by atoms with Crippen molar-refractivity contribution < 1.29 is 23.1 Å². The van der Waals surface area contributed by atoms with Crippen LogP contribution < -0.4 is 4.72 Å². The van der Waals surface area contributed by atoms with E-state index in [9.17, 15) is 18.3 Å². The Kier molecular flexibility index (Phi) is 6.18. The number of aliphatic imine (C=N–C) groups is 1. The SMILES string of the molecule is CC(C)(C)CC(N=C(NS(C)(=O)=O)N1CCOCC1)C(=O)O. The Morgan fingerprint density at radius 1 is 1.36 bits per heavy atom. The average Bonchev–Trinajstić information content (AvgIpc) is 2.35. The van der Waals surface area contributed by atoms with Crippen LogP contribution in [0.25, 0.3) is 0 Å². The standard InChI is InChI=1S/C13H25N3O5S/c1-13(2,3)9-10(11(17)18)14-12(15-22(4,19)20)16-5-7-21-8-6-16/h10H,5-9H2,1-4H3,(H,14,15)(H,17,18). The highest BCUT2D eigenvalue weighted by Gasteiger charge is 2.27. The van der Waals surface area contributed by atoms with E-state index in [1.165, 1.54) is 0 Å². The Morgan fingerprint density at radius 2 is 1.91 bits per heavy atom. The van der Waals surface area contributed by atoms with Crippen molar-refractivity contribution in [3.63, 3.8) is 0 Å². The largest absolute Gasteiger partial charge is 0.480 e. The second-order valence-electron chi connectivity index (χ2n) is 6.55. The van der Waals surface area contributed by atoms with Crippen LogP contribution in [0.3, 0.4) is 0 Å². The van der Waals surface area contributed by atoms with Crippen LogP contribution in [0.2, 0.25) is 0 Å². The lowest BCUT2D eigenvalue weighted by Crippen LogP contribution is -2.49. The fraction of sp³-hybridized carbons (Fsp3) is 0.846. The van der Waals surface area contributed by atoms with Gasteiger partial charge in [0, 0.05) is 13.1 Å². The molecule has 0 aliphatic carbocycles. The zero-order valence-electron chi connectivity index (χ0n) is 13.5. The molecule has 1 atom stereocenters. The third-order valence-corrected chi connectivity index (χ3v) is 3.51. The molecule has 1 aliphatic rings. The van der Waals surface area contributed by atoms with Gasteiger partial charge in [-0.25, -0.2) is 18.2 Å². The molecular weight excluding hydrogens is 310 g/mol. The maximum atomic E-state index is 11.5. The van der Waals surface area contributed by atoms with Crippen molar-refractivity contribution in [2.45, 2.75) is 33.2 Å². The Labute approximate surface area is 131 Å². The predicted molar refractivity (Wildman–Crippen MR) is 83.3 cm³/mol. The molecule has 0 saturated carbocycles. The molecule has 0 radical (unpaired) electrons. The van der Waals surface area contributed by atoms with Crippen molar-refractivity contribution in [1.82, 2.24) is 9.62 Å². The lowest BCUT2D eigenvalue weighted by atomic mass is 9.88. The topological polar surface area (TPSA) is 108 Å². The number of carboxylic acids is 1. The molecule has 1 rings (SSSR count). The van der Waals surface area contributed by atoms with Crippen LogP contribution in [0, 0.1) is 5.41 Å². The number of carbonyl (C=O) groups is 1. The van der Waals surface area contributed by atoms with E-state index in [1.54, 1.807) is 4.90 Å². The van der Waals surface area contributed by atoms with E-state index in [0.717, 1.165) is 6.26 Å². The third kappa shape index (κ3) is 7.08. The lowest BCUT2D eigenvalue weighted by Gasteiger charge is -2.31. The molecule has 1 aliphatic heterocycles. The molecule has 128 valence electrons. The van der Waals surface area contributed by atoms with Gasteiger partial charge in [-0.3, -0.25) is 4.72 Å². The van der Waals surface area contributed by atoms with Crippen LogP contribution in [0.4, 0.5) is 0 Å². The molecule has 0 amide bonds. The van der Waals surface area contributed by atoms with Crippen molar-refractivity contribution in [3.05, 3.63) is 0 Å². The van der Waals surface area contributed by atoms with Crippen molar-refractivity contribution in [3.8, 4) is 0 Å². The Bertz CT molecular complexity index is 518. The van der Waals surface area contributed by atoms with Gasteiger partial charge in [0.25, 0.3) is 0 Å². The summed E-state index contributed by atoms with van der Waals surface area (Å²) in [6.45, 7) is 7.56. The van der Waals surface area contributed by atoms with Crippen LogP contribution in [-0.4, -0.2) is 69.0 Å². The zero-order chi connectivity index (χ0) is 17.0. The molecular formula is C13H25N3O5S. The van der Waals surface area contributed by atoms with E-state index in [1.807, 2.05) is 20.8 Å². The van der Waals surface area contributed by atoms with E-state index >= 15 is 0 Å². The molecule has 22 heavy (non-hydrogen) atoms. The number of guanidine groups is 1. The van der Waals surface area contributed by atoms with Gasteiger partial charge in [-0.1, -0.05) is 20.8 Å². The molecule has 1 unspecified atom stereocenters. The molecule has 0 bridgehead atoms. The summed E-state index contributed by atoms with van der Waals surface area (Å²) < 4.78 is 30.6. The number of sulfonamides is 1. The summed E-state index contributed by atoms with van der Waals surface area (Å²) in [5.74, 6) is -1.00. The van der Waals surface area contributed by atoms with E-state index < -0.39 is 22.0 Å². The number of rotatable bonds is 4. The maximum absolute atomic E-state index is 11.5. The van der Waals surface area contributed by atoms with Gasteiger partial charge in [-0.15, -0.1) is 0 Å². The number of nitrogens with one attached hydrogen (secondary N) is 1. The van der Waals surface area contributed by atoms with Crippen LogP contribution >= 0.6 is 0 Å². The van der Waals surface area contributed by atoms with Gasteiger partial charge in [0.05, 0.1) is 19.5 Å². The Morgan fingerprint density at radius 3 is 2.32 bits per heavy atom. The minimum absolute atomic E-state index is 0.0717. The average molecular weight is 335 g/mol. The first-order chi connectivity index (χ1) is 9.98. The van der Waals surface area contributed by atoms with E-state index in [-0.39, 0.29) is 11.4 Å². The summed E-state index contributed by atoms with van der Waals surface area (Å²) in [5.41, 5.74) is -0.242. The van der Waals surface area contributed by atoms with Gasteiger partial charge >= 0.3 is 5.97 Å². The number of nitrogens with zero attached hydrogens (tertiary/aromatic N) is 2. The van der Waals surface area contributed by atoms with E-state index in [2.05, 4.69) is 9.71 Å². The molecule has 0 aromatic rings. The summed E-state index contributed by atoms with van der Waals surface area (Å²) in [6.07, 6.45) is 1.32. The van der Waals surface area contributed by atoms with Crippen molar-refractivity contribution in [2.75, 3.05) is 32.6 Å². The maximum Gasteiger partial charge on any atom is 0.328 e. The zero-order valence-corrected chi connectivity index (χ0v) is 14.3. The van der Waals surface area contributed by atoms with Gasteiger partial charge in [0.1, 0.15) is 0 Å². The molecule has 1 heterocycles. The number of hydrogen-bond acceptors (Lipinski definition) is 5. The summed E-state index contributed by atoms with van der Waals surface area (Å²) in [6, 6.07) is -1.01. The summed E-state index contributed by atoms with van der Waals surface area (Å²) >= 11 is 0. The van der Waals surface area contributed by atoms with E-state index in [0.29, 0.717) is 32.7 Å². The summed E-state index contributed by atoms with van der Waals surface area (Å²) in [4.78, 5) is 17.3. The quantitative estimate of drug-likeness (QED) is 0.558. The molecule has 1 fully saturated rings. The fourth-order valence-corrected chi connectivity index (χ4v) is 2.54. The van der Waals surface area contributed by atoms with Crippen molar-refractivity contribution in [1.29, 1.82) is 0 Å². The van der Waals surface area contributed by atoms with Gasteiger partial charge in [-0.2, -0.15) is 0 Å². The fourth-order valence-electron chi connectivity index (χ4n) is 2.03. The Balaban J connectivity index is 3.06. The van der Waals surface area contributed by atoms with Crippen molar-refractivity contribution in [2.24, 2.45) is 10.4 Å². The summed E-state index contributed by atoms with van der Waals surface area (Å²) in [5, 5.41) is 9.35. The van der Waals surface area contributed by atoms with Gasteiger partial charge in [0.2, 0.25) is 16.0 Å². The molecule has 1 saturated heterocycles. The molecule has 9 heteroatoms. The van der Waals surface area contributed by atoms with Crippen LogP contribution in [0.1, 0.15) is 27.2 Å². The molecule has 0 spiro atoms. The third-order valence-electron chi connectivity index (χ3n) is 2.96. The van der Waals surface area contributed by atoms with Crippen molar-refractivity contribution >= 4 is 22.0 Å². The van der Waals surface area contributed by atoms with Crippen LogP contribution in [0.5, 0.6) is 0 Å². The molecule has 2 N–H and O–H groups in total. The second-order valence-corrected chi connectivity index (χ2v) is 8.29. The first-order valence-electron chi connectivity index (χ1n) is 7.09. The summed E-state index contributed by atoms with van der Waals surface area (Å²) in [7, 11) is -3.54. The predicted octanol–water partition coefficient (Wildman–Crippen LogP) is 0.113. The minimum Gasteiger partial charge on any atom is -0.480 e. The lowest BCUT2D eigenvalue weighted by molar-refractivity contribution is -0.139. The van der Waals surface area contributed by atoms with E-state index in [4.69, 9.17) is 4.74 Å². The number of carboxylic acid groups (broad SMARTS) is 1. The number of aliphatic carboxylic acids is 1. The smallest absolute Gasteiger partial charge is 0.328 e. The van der Waals surface area contributed by atoms with Crippen LogP contribution in [0.15, 0.2) is 4.99 Å². The molecule has 8 nitrogen and oxygen atoms in total. The Hall–Kier alpha value is -1.35. The molecule has 0 aromatic carbocycles. The minimum atomic E-state index is -3.54. The van der Waals surface area contributed by atoms with Gasteiger partial charge in [-0.05, 0) is 11.8 Å². The number of ether oxygens (including phenoxy) is 1. The van der Waals surface area contributed by atoms with Gasteiger partial charge in [0.15, 0.2) is 6.04 Å². The van der Waals surface area contributed by atoms with Gasteiger partial charge < -0.3 is 14.7 Å². The normalized spacial score (nSPS) is 18.9. The number of hydrogen-bond donors (Lipinski definition) is 2. The monoisotopic (exact) mass is 335 g/mol. The second kappa shape index (κ2) is 7.28. The first-order valence-corrected chi connectivity index (χ1v) is 8.98. The van der Waals surface area contributed by atoms with Crippen LogP contribution in [-0.2, 0) is 19.6 Å². The molecule has 0 aromatic heterocycles. The number of morpholine rings is 1. The highest BCUT2D eigenvalue weighted by atomic mass is 32.2. The first kappa shape index (κ1) is 18.7. The highest BCUT2D eigenvalue weighted by molar-refractivity contribution is 7.89. The highest BCUT2D eigenvalue weighted by Crippen LogP contribution is 2.22.